The van der Waals surface area contributed by atoms with Gasteiger partial charge in [-0.25, -0.2) is 0 Å². The van der Waals surface area contributed by atoms with E-state index in [-0.39, 0.29) is 17.0 Å². The number of carbonyl (C=O) groups is 1. The number of anilines is 1. The van der Waals surface area contributed by atoms with Crippen LogP contribution in [-0.2, 0) is 16.1 Å². The number of hydrogen-bond donors (Lipinski definition) is 0. The van der Waals surface area contributed by atoms with Crippen LogP contribution in [-0.4, -0.2) is 53.0 Å². The number of pyridine rings is 1. The second kappa shape index (κ2) is 10.6. The summed E-state index contributed by atoms with van der Waals surface area (Å²) in [5, 5.41) is 9.69. The van der Waals surface area contributed by atoms with Crippen LogP contribution < -0.4 is 10.5 Å². The highest BCUT2D eigenvalue weighted by molar-refractivity contribution is 8.26. The highest BCUT2D eigenvalue weighted by Gasteiger charge is 2.33. The van der Waals surface area contributed by atoms with Crippen molar-refractivity contribution < 1.29 is 9.53 Å². The van der Waals surface area contributed by atoms with Crippen LogP contribution in [0, 0.1) is 24.2 Å². The highest BCUT2D eigenvalue weighted by atomic mass is 32.2. The molecule has 3 rings (SSSR count). The Labute approximate surface area is 199 Å². The Bertz CT molecular complexity index is 1030. The minimum absolute atomic E-state index is 0.128. The first-order valence-electron chi connectivity index (χ1n) is 11.0. The van der Waals surface area contributed by atoms with E-state index in [0.717, 1.165) is 37.3 Å². The van der Waals surface area contributed by atoms with Gasteiger partial charge in [0.05, 0.1) is 4.91 Å². The average Bonchev–Trinajstić information content (AvgIpc) is 3.04. The molecule has 0 radical (unpaired) electrons. The van der Waals surface area contributed by atoms with Crippen LogP contribution in [0.15, 0.2) is 9.70 Å². The van der Waals surface area contributed by atoms with Gasteiger partial charge in [0.2, 0.25) is 0 Å². The molecule has 2 saturated heterocycles. The maximum absolute atomic E-state index is 13.1. The molecule has 172 valence electrons. The van der Waals surface area contributed by atoms with Gasteiger partial charge in [0.25, 0.3) is 11.5 Å². The van der Waals surface area contributed by atoms with E-state index in [2.05, 4.69) is 17.9 Å². The molecule has 1 amide bonds. The normalized spacial score (nSPS) is 18.7. The Hall–Kier alpha value is -2.15. The van der Waals surface area contributed by atoms with Crippen LogP contribution in [0.2, 0.25) is 0 Å². The molecular formula is C23H30N4O3S2. The number of methoxy groups -OCH3 is 1. The fraction of sp³-hybridized carbons (Fsp3) is 0.565. The predicted molar refractivity (Wildman–Crippen MR) is 133 cm³/mol. The van der Waals surface area contributed by atoms with E-state index in [1.165, 1.54) is 11.8 Å². The Balaban J connectivity index is 2.11. The number of ether oxygens (including phenoxy) is 1. The molecule has 0 N–H and O–H groups in total. The Kier molecular flexibility index (Phi) is 8.15. The summed E-state index contributed by atoms with van der Waals surface area (Å²) >= 11 is 6.72. The molecule has 2 aliphatic heterocycles. The van der Waals surface area contributed by atoms with E-state index in [4.69, 9.17) is 17.0 Å². The molecule has 0 atom stereocenters. The van der Waals surface area contributed by atoms with Gasteiger partial charge in [-0.05, 0) is 50.7 Å². The number of amides is 1. The molecule has 1 aromatic rings. The van der Waals surface area contributed by atoms with E-state index in [0.29, 0.717) is 46.8 Å². The monoisotopic (exact) mass is 474 g/mol. The maximum atomic E-state index is 13.1. The maximum Gasteiger partial charge on any atom is 0.270 e. The van der Waals surface area contributed by atoms with Crippen molar-refractivity contribution in [2.75, 3.05) is 38.3 Å². The van der Waals surface area contributed by atoms with Crippen molar-refractivity contribution in [2.45, 2.75) is 46.6 Å². The summed E-state index contributed by atoms with van der Waals surface area (Å²) in [6, 6.07) is 2.08. The molecule has 0 unspecified atom stereocenters. The zero-order valence-corrected chi connectivity index (χ0v) is 20.8. The van der Waals surface area contributed by atoms with E-state index >= 15 is 0 Å². The van der Waals surface area contributed by atoms with Crippen molar-refractivity contribution in [1.82, 2.24) is 9.47 Å². The van der Waals surface area contributed by atoms with Crippen LogP contribution in [0.3, 0.4) is 0 Å². The van der Waals surface area contributed by atoms with E-state index in [1.54, 1.807) is 23.5 Å². The van der Waals surface area contributed by atoms with Crippen molar-refractivity contribution in [3.05, 3.63) is 31.9 Å². The standard InChI is InChI=1S/C23H30N4O3S2/c1-5-26-20(25-10-7-15(2)8-11-25)17(16(3)18(14-24)21(26)28)13-19-22(29)27(23(31)32-19)9-6-12-30-4/h13,15H,5-12H2,1-4H3. The minimum Gasteiger partial charge on any atom is -0.385 e. The van der Waals surface area contributed by atoms with Gasteiger partial charge in [-0.1, -0.05) is 30.9 Å². The molecule has 1 aromatic heterocycles. The number of nitriles is 1. The molecule has 0 spiro atoms. The van der Waals surface area contributed by atoms with Crippen molar-refractivity contribution >= 4 is 46.1 Å². The van der Waals surface area contributed by atoms with Gasteiger partial charge < -0.3 is 9.64 Å². The highest BCUT2D eigenvalue weighted by Crippen LogP contribution is 2.36. The lowest BCUT2D eigenvalue weighted by molar-refractivity contribution is -0.122. The third-order valence-corrected chi connectivity index (χ3v) is 7.50. The predicted octanol–water partition coefficient (Wildman–Crippen LogP) is 3.52. The lowest BCUT2D eigenvalue weighted by Gasteiger charge is -2.35. The molecule has 2 aliphatic rings. The SMILES string of the molecule is CCn1c(N2CCC(C)CC2)c(C=C2SC(=S)N(CCCOC)C2=O)c(C)c(C#N)c1=O. The molecule has 32 heavy (non-hydrogen) atoms. The molecule has 0 aliphatic carbocycles. The molecule has 0 aromatic carbocycles. The summed E-state index contributed by atoms with van der Waals surface area (Å²) in [6.07, 6.45) is 4.60. The zero-order chi connectivity index (χ0) is 23.4. The van der Waals surface area contributed by atoms with Gasteiger partial charge >= 0.3 is 0 Å². The van der Waals surface area contributed by atoms with Gasteiger partial charge in [0, 0.05) is 45.5 Å². The van der Waals surface area contributed by atoms with Crippen LogP contribution in [0.25, 0.3) is 6.08 Å². The number of thioether (sulfide) groups is 1. The van der Waals surface area contributed by atoms with Gasteiger partial charge in [-0.3, -0.25) is 19.1 Å². The average molecular weight is 475 g/mol. The Morgan fingerprint density at radius 2 is 2.00 bits per heavy atom. The van der Waals surface area contributed by atoms with Crippen LogP contribution >= 0.6 is 24.0 Å². The van der Waals surface area contributed by atoms with Crippen LogP contribution in [0.5, 0.6) is 0 Å². The van der Waals surface area contributed by atoms with Gasteiger partial charge in [0.15, 0.2) is 0 Å². The fourth-order valence-corrected chi connectivity index (χ4v) is 5.48. The first-order valence-corrected chi connectivity index (χ1v) is 12.2. The zero-order valence-electron chi connectivity index (χ0n) is 19.1. The van der Waals surface area contributed by atoms with Crippen molar-refractivity contribution in [3.8, 4) is 6.07 Å². The molecule has 3 heterocycles. The van der Waals surface area contributed by atoms with Gasteiger partial charge in [-0.2, -0.15) is 5.26 Å². The number of hydrogen-bond acceptors (Lipinski definition) is 7. The lowest BCUT2D eigenvalue weighted by Crippen LogP contribution is -2.39. The Morgan fingerprint density at radius 3 is 2.59 bits per heavy atom. The number of carbonyl (C=O) groups excluding carboxylic acids is 1. The topological polar surface area (TPSA) is 78.6 Å². The van der Waals surface area contributed by atoms with Crippen LogP contribution in [0.4, 0.5) is 5.82 Å². The summed E-state index contributed by atoms with van der Waals surface area (Å²) in [5.41, 5.74) is 1.23. The second-order valence-electron chi connectivity index (χ2n) is 8.25. The fourth-order valence-electron chi connectivity index (χ4n) is 4.19. The van der Waals surface area contributed by atoms with E-state index in [1.807, 2.05) is 13.0 Å². The second-order valence-corrected chi connectivity index (χ2v) is 9.92. The van der Waals surface area contributed by atoms with E-state index < -0.39 is 0 Å². The summed E-state index contributed by atoms with van der Waals surface area (Å²) in [5.74, 6) is 1.30. The first-order chi connectivity index (χ1) is 15.3. The lowest BCUT2D eigenvalue weighted by atomic mass is 9.97. The summed E-state index contributed by atoms with van der Waals surface area (Å²) in [7, 11) is 1.63. The largest absolute Gasteiger partial charge is 0.385 e. The summed E-state index contributed by atoms with van der Waals surface area (Å²) < 4.78 is 7.29. The molecular weight excluding hydrogens is 444 g/mol. The molecule has 7 nitrogen and oxygen atoms in total. The summed E-state index contributed by atoms with van der Waals surface area (Å²) in [4.78, 5) is 30.5. The quantitative estimate of drug-likeness (QED) is 0.340. The van der Waals surface area contributed by atoms with Crippen molar-refractivity contribution in [1.29, 1.82) is 5.26 Å². The molecule has 2 fully saturated rings. The number of thiocarbonyl (C=S) groups is 1. The number of piperidine rings is 1. The molecule has 0 bridgehead atoms. The van der Waals surface area contributed by atoms with E-state index in [9.17, 15) is 14.9 Å². The molecule has 0 saturated carbocycles. The van der Waals surface area contributed by atoms with Gasteiger partial charge in [-0.15, -0.1) is 0 Å². The van der Waals surface area contributed by atoms with Gasteiger partial charge in [0.1, 0.15) is 21.8 Å². The number of rotatable bonds is 7. The first kappa shape index (κ1) is 24.5. The number of nitrogens with zero attached hydrogens (tertiary/aromatic N) is 4. The minimum atomic E-state index is -0.273. The smallest absolute Gasteiger partial charge is 0.270 e. The third kappa shape index (κ3) is 4.77. The molecule has 9 heteroatoms. The van der Waals surface area contributed by atoms with Crippen molar-refractivity contribution in [3.63, 3.8) is 0 Å². The van der Waals surface area contributed by atoms with Crippen molar-refractivity contribution in [2.24, 2.45) is 5.92 Å². The summed E-state index contributed by atoms with van der Waals surface area (Å²) in [6.45, 7) is 9.13. The van der Waals surface area contributed by atoms with Crippen LogP contribution in [0.1, 0.15) is 49.8 Å². The Morgan fingerprint density at radius 1 is 1.31 bits per heavy atom. The number of aromatic nitrogens is 1. The third-order valence-electron chi connectivity index (χ3n) is 6.12.